The highest BCUT2D eigenvalue weighted by Gasteiger charge is 2.62. The third kappa shape index (κ3) is 2.24. The van der Waals surface area contributed by atoms with Gasteiger partial charge in [0.25, 0.3) is 0 Å². The Morgan fingerprint density at radius 3 is 2.59 bits per heavy atom. The van der Waals surface area contributed by atoms with E-state index >= 15 is 0 Å². The van der Waals surface area contributed by atoms with Crippen molar-refractivity contribution in [1.29, 1.82) is 0 Å². The Hall–Kier alpha value is -1.45. The van der Waals surface area contributed by atoms with Crippen LogP contribution in [0.4, 0.5) is 8.78 Å². The Balaban J connectivity index is 1.68. The predicted octanol–water partition coefficient (Wildman–Crippen LogP) is 4.27. The summed E-state index contributed by atoms with van der Waals surface area (Å²) >= 11 is 0. The maximum absolute atomic E-state index is 13.6. The molecule has 1 aromatic carbocycles. The first-order chi connectivity index (χ1) is 10.2. The molecule has 2 nitrogen and oxygen atoms in total. The van der Waals surface area contributed by atoms with Crippen molar-refractivity contribution in [2.45, 2.75) is 52.6 Å². The van der Waals surface area contributed by atoms with Crippen LogP contribution in [0.2, 0.25) is 0 Å². The lowest BCUT2D eigenvalue weighted by Crippen LogP contribution is -2.38. The molecule has 0 spiro atoms. The molecule has 0 N–H and O–H groups in total. The van der Waals surface area contributed by atoms with Gasteiger partial charge in [-0.05, 0) is 42.2 Å². The average molecular weight is 308 g/mol. The Morgan fingerprint density at radius 1 is 1.32 bits per heavy atom. The summed E-state index contributed by atoms with van der Waals surface area (Å²) in [5.74, 6) is -1.19. The summed E-state index contributed by atoms with van der Waals surface area (Å²) in [6.45, 7) is 6.69. The first-order valence-electron chi connectivity index (χ1n) is 7.87. The summed E-state index contributed by atoms with van der Waals surface area (Å²) in [5, 5.41) is 0. The van der Waals surface area contributed by atoms with Gasteiger partial charge in [0.2, 0.25) is 0 Å². The van der Waals surface area contributed by atoms with Crippen molar-refractivity contribution < 1.29 is 18.3 Å². The number of carbonyl (C=O) groups is 1. The van der Waals surface area contributed by atoms with E-state index in [1.807, 2.05) is 0 Å². The average Bonchev–Trinajstić information content (AvgIpc) is 2.75. The molecule has 22 heavy (non-hydrogen) atoms. The molecule has 120 valence electrons. The standard InChI is InChI=1S/C18H22F2O2/c1-17(2)12-6-7-18(17,3)15(9-12)22-16(21)8-11-4-5-13(19)10-14(11)20/h4-5,10,12,15H,6-9H2,1-3H3/t12-,15-,18-/m0/s1. The van der Waals surface area contributed by atoms with Crippen molar-refractivity contribution in [2.75, 3.05) is 0 Å². The molecule has 3 rings (SSSR count). The van der Waals surface area contributed by atoms with Crippen molar-refractivity contribution in [3.8, 4) is 0 Å². The van der Waals surface area contributed by atoms with Gasteiger partial charge in [0.05, 0.1) is 6.42 Å². The van der Waals surface area contributed by atoms with E-state index in [0.29, 0.717) is 5.92 Å². The highest BCUT2D eigenvalue weighted by Crippen LogP contribution is 2.66. The first kappa shape index (κ1) is 15.4. The number of fused-ring (bicyclic) bond motifs is 2. The SMILES string of the molecule is CC1(C)[C@H]2CC[C@@]1(C)[C@@H](OC(=O)Cc1ccc(F)cc1F)C2. The molecule has 3 atom stereocenters. The molecule has 1 aromatic rings. The van der Waals surface area contributed by atoms with Crippen LogP contribution >= 0.6 is 0 Å². The summed E-state index contributed by atoms with van der Waals surface area (Å²) in [4.78, 5) is 12.2. The monoisotopic (exact) mass is 308 g/mol. The lowest BCUT2D eigenvalue weighted by molar-refractivity contribution is -0.156. The van der Waals surface area contributed by atoms with E-state index in [0.717, 1.165) is 25.0 Å². The molecule has 0 aliphatic heterocycles. The van der Waals surface area contributed by atoms with E-state index in [1.165, 1.54) is 12.5 Å². The van der Waals surface area contributed by atoms with Crippen LogP contribution in [0.15, 0.2) is 18.2 Å². The van der Waals surface area contributed by atoms with E-state index in [1.54, 1.807) is 0 Å². The summed E-state index contributed by atoms with van der Waals surface area (Å²) in [6.07, 6.45) is 2.89. The third-order valence-electron chi connectivity index (χ3n) is 6.34. The third-order valence-corrected chi connectivity index (χ3v) is 6.34. The van der Waals surface area contributed by atoms with E-state index in [9.17, 15) is 13.6 Å². The number of hydrogen-bond acceptors (Lipinski definition) is 2. The summed E-state index contributed by atoms with van der Waals surface area (Å²) in [5.41, 5.74) is 0.340. The molecule has 2 aliphatic rings. The molecular weight excluding hydrogens is 286 g/mol. The Kier molecular flexibility index (Phi) is 3.54. The predicted molar refractivity (Wildman–Crippen MR) is 79.2 cm³/mol. The number of ether oxygens (including phenoxy) is 1. The number of benzene rings is 1. The van der Waals surface area contributed by atoms with Crippen LogP contribution in [0.25, 0.3) is 0 Å². The number of rotatable bonds is 3. The van der Waals surface area contributed by atoms with Crippen LogP contribution in [0.1, 0.15) is 45.6 Å². The molecule has 2 saturated carbocycles. The van der Waals surface area contributed by atoms with Gasteiger partial charge < -0.3 is 4.74 Å². The van der Waals surface area contributed by atoms with E-state index in [-0.39, 0.29) is 28.9 Å². The molecule has 4 heteroatoms. The Bertz CT molecular complexity index is 611. The summed E-state index contributed by atoms with van der Waals surface area (Å²) in [6, 6.07) is 3.26. The fourth-order valence-electron chi connectivity index (χ4n) is 4.33. The van der Waals surface area contributed by atoms with Crippen molar-refractivity contribution in [1.82, 2.24) is 0 Å². The molecule has 0 aromatic heterocycles. The molecule has 0 unspecified atom stereocenters. The highest BCUT2D eigenvalue weighted by molar-refractivity contribution is 5.73. The van der Waals surface area contributed by atoms with Crippen LogP contribution in [0.3, 0.4) is 0 Å². The minimum absolute atomic E-state index is 0.00529. The van der Waals surface area contributed by atoms with Gasteiger partial charge in [-0.3, -0.25) is 4.79 Å². The number of carbonyl (C=O) groups excluding carboxylic acids is 1. The normalized spacial score (nSPS) is 32.2. The van der Waals surface area contributed by atoms with Crippen LogP contribution in [-0.4, -0.2) is 12.1 Å². The zero-order valence-electron chi connectivity index (χ0n) is 13.3. The lowest BCUT2D eigenvalue weighted by Gasteiger charge is -2.38. The van der Waals surface area contributed by atoms with Crippen LogP contribution in [0, 0.1) is 28.4 Å². The van der Waals surface area contributed by atoms with Gasteiger partial charge in [0, 0.05) is 11.5 Å². The lowest BCUT2D eigenvalue weighted by atomic mass is 9.70. The van der Waals surface area contributed by atoms with Gasteiger partial charge in [0.1, 0.15) is 17.7 Å². The summed E-state index contributed by atoms with van der Waals surface area (Å²) in [7, 11) is 0. The Labute approximate surface area is 129 Å². The molecule has 0 saturated heterocycles. The quantitative estimate of drug-likeness (QED) is 0.780. The fourth-order valence-corrected chi connectivity index (χ4v) is 4.33. The van der Waals surface area contributed by atoms with Crippen LogP contribution in [0.5, 0.6) is 0 Å². The molecule has 0 radical (unpaired) electrons. The van der Waals surface area contributed by atoms with E-state index in [4.69, 9.17) is 4.74 Å². The van der Waals surface area contributed by atoms with Gasteiger partial charge in [-0.2, -0.15) is 0 Å². The topological polar surface area (TPSA) is 26.3 Å². The minimum Gasteiger partial charge on any atom is -0.462 e. The molecule has 0 heterocycles. The first-order valence-corrected chi connectivity index (χ1v) is 7.87. The second-order valence-corrected chi connectivity index (χ2v) is 7.50. The minimum atomic E-state index is -0.698. The number of esters is 1. The summed E-state index contributed by atoms with van der Waals surface area (Å²) < 4.78 is 32.2. The van der Waals surface area contributed by atoms with Gasteiger partial charge in [0.15, 0.2) is 0 Å². The maximum Gasteiger partial charge on any atom is 0.310 e. The zero-order chi connectivity index (χ0) is 16.1. The second kappa shape index (κ2) is 5.04. The number of halogens is 2. The van der Waals surface area contributed by atoms with Crippen molar-refractivity contribution in [2.24, 2.45) is 16.7 Å². The number of hydrogen-bond donors (Lipinski definition) is 0. The molecule has 2 bridgehead atoms. The zero-order valence-corrected chi connectivity index (χ0v) is 13.3. The van der Waals surface area contributed by atoms with Gasteiger partial charge in [-0.1, -0.05) is 26.8 Å². The molecule has 2 aliphatic carbocycles. The highest BCUT2D eigenvalue weighted by atomic mass is 19.1. The second-order valence-electron chi connectivity index (χ2n) is 7.50. The van der Waals surface area contributed by atoms with Crippen molar-refractivity contribution in [3.05, 3.63) is 35.4 Å². The van der Waals surface area contributed by atoms with Crippen molar-refractivity contribution >= 4 is 5.97 Å². The molecular formula is C18H22F2O2. The van der Waals surface area contributed by atoms with Gasteiger partial charge in [-0.25, -0.2) is 8.78 Å². The van der Waals surface area contributed by atoms with Crippen LogP contribution < -0.4 is 0 Å². The van der Waals surface area contributed by atoms with E-state index < -0.39 is 17.6 Å². The maximum atomic E-state index is 13.6. The Morgan fingerprint density at radius 2 is 2.05 bits per heavy atom. The smallest absolute Gasteiger partial charge is 0.310 e. The van der Waals surface area contributed by atoms with Gasteiger partial charge in [-0.15, -0.1) is 0 Å². The van der Waals surface area contributed by atoms with E-state index in [2.05, 4.69) is 20.8 Å². The van der Waals surface area contributed by atoms with Crippen molar-refractivity contribution in [3.63, 3.8) is 0 Å². The fraction of sp³-hybridized carbons (Fsp3) is 0.611. The molecule has 2 fully saturated rings. The largest absolute Gasteiger partial charge is 0.462 e. The van der Waals surface area contributed by atoms with Crippen LogP contribution in [-0.2, 0) is 16.0 Å². The molecule has 0 amide bonds. The van der Waals surface area contributed by atoms with Gasteiger partial charge >= 0.3 is 5.97 Å².